The van der Waals surface area contributed by atoms with E-state index < -0.39 is 101 Å². The molecule has 0 aliphatic heterocycles. The van der Waals surface area contributed by atoms with Crippen LogP contribution in [0, 0.1) is 112 Å². The van der Waals surface area contributed by atoms with Crippen LogP contribution in [0.25, 0.3) is 0 Å². The lowest BCUT2D eigenvalue weighted by Crippen LogP contribution is -2.57. The molecule has 0 unspecified atom stereocenters. The number of hydrogen-bond acceptors (Lipinski definition) is 0. The van der Waals surface area contributed by atoms with Gasteiger partial charge in [-0.3, -0.25) is 0 Å². The van der Waals surface area contributed by atoms with Crippen molar-refractivity contribution in [2.75, 3.05) is 0 Å². The lowest BCUT2D eigenvalue weighted by Gasteiger charge is -2.43. The summed E-state index contributed by atoms with van der Waals surface area (Å²) in [6.07, 6.45) is 1.34. The molecule has 2 aliphatic carbocycles. The molecule has 2 bridgehead atoms. The van der Waals surface area contributed by atoms with E-state index in [0.29, 0.717) is 19.3 Å². The van der Waals surface area contributed by atoms with Crippen LogP contribution < -0.4 is 21.5 Å². The van der Waals surface area contributed by atoms with Crippen molar-refractivity contribution in [2.24, 2.45) is 11.8 Å². The number of aryl methyl sites for hydroxylation is 6. The van der Waals surface area contributed by atoms with Crippen molar-refractivity contribution >= 4 is 36.2 Å². The van der Waals surface area contributed by atoms with E-state index in [1.807, 2.05) is 65.8 Å². The first kappa shape index (κ1) is 35.5. The van der Waals surface area contributed by atoms with Gasteiger partial charge in [0, 0.05) is 10.9 Å². The molecule has 0 spiro atoms. The second-order valence-corrected chi connectivity index (χ2v) is 15.9. The van der Waals surface area contributed by atoms with Crippen LogP contribution in [-0.4, -0.2) is 12.4 Å². The van der Waals surface area contributed by atoms with E-state index in [0.717, 1.165) is 44.0 Å². The summed E-state index contributed by atoms with van der Waals surface area (Å²) >= 11 is 0. The number of rotatable bonds is 6. The molecule has 4 aromatic rings. The summed E-state index contributed by atoms with van der Waals surface area (Å²) in [6, 6.07) is 7.85. The highest BCUT2D eigenvalue weighted by Crippen LogP contribution is 2.65. The van der Waals surface area contributed by atoms with Crippen LogP contribution in [0.3, 0.4) is 0 Å². The van der Waals surface area contributed by atoms with Crippen LogP contribution in [-0.2, 0) is 0 Å². The molecule has 2 fully saturated rings. The predicted molar refractivity (Wildman–Crippen MR) is 173 cm³/mol. The molecule has 0 radical (unpaired) electrons. The standard InChI is InChI=1S/C37H32BF10P/c1-14-9-16(3)35(17(4)10-14)49(36-18(5)11-15(2)12-19(36)6)37-21-8-7-20(13-21)22(37)38(23-25(39)29(43)33(47)30(44)26(23)40)24-27(41)31(45)34(48)32(46)28(24)42/h9-12,20-22,37H,7-8,13H2,1-6H3/t20-,21+,22+,37+/m0/s1. The number of halogens is 10. The molecule has 0 amide bonds. The van der Waals surface area contributed by atoms with Crippen molar-refractivity contribution in [3.05, 3.63) is 116 Å². The van der Waals surface area contributed by atoms with Crippen LogP contribution in [0.15, 0.2) is 24.3 Å². The molecule has 2 aliphatic rings. The zero-order valence-electron chi connectivity index (χ0n) is 27.5. The molecule has 49 heavy (non-hydrogen) atoms. The SMILES string of the molecule is Cc1cc(C)c(P(c2c(C)cc(C)cc2C)[C@@H]2[C@@H]3CC[C@@H](C3)[C@H]2B(c2c(F)c(F)c(F)c(F)c2F)c2c(F)c(F)c(F)c(F)c2F)c(C)c1. The van der Waals surface area contributed by atoms with Crippen molar-refractivity contribution in [2.45, 2.75) is 72.3 Å². The highest BCUT2D eigenvalue weighted by molar-refractivity contribution is 7.74. The third-order valence-electron chi connectivity index (χ3n) is 10.5. The van der Waals surface area contributed by atoms with Gasteiger partial charge in [0.25, 0.3) is 0 Å². The van der Waals surface area contributed by atoms with E-state index in [2.05, 4.69) is 0 Å². The van der Waals surface area contributed by atoms with Crippen LogP contribution in [0.1, 0.15) is 52.6 Å². The maximum atomic E-state index is 15.9. The van der Waals surface area contributed by atoms with Crippen molar-refractivity contribution in [3.8, 4) is 0 Å². The summed E-state index contributed by atoms with van der Waals surface area (Å²) in [5, 5.41) is 1.76. The Kier molecular flexibility index (Phi) is 9.25. The first-order chi connectivity index (χ1) is 23.0. The normalized spacial score (nSPS) is 20.2. The Balaban J connectivity index is 1.75. The second kappa shape index (κ2) is 12.8. The van der Waals surface area contributed by atoms with Crippen LogP contribution in [0.5, 0.6) is 0 Å². The van der Waals surface area contributed by atoms with Gasteiger partial charge < -0.3 is 0 Å². The van der Waals surface area contributed by atoms with Crippen LogP contribution >= 0.6 is 7.92 Å². The first-order valence-electron chi connectivity index (χ1n) is 15.9. The Morgan fingerprint density at radius 3 is 1.12 bits per heavy atom. The molecule has 258 valence electrons. The van der Waals surface area contributed by atoms with Crippen LogP contribution in [0.4, 0.5) is 43.9 Å². The predicted octanol–water partition coefficient (Wildman–Crippen LogP) is 8.84. The molecule has 6 rings (SSSR count). The average molecular weight is 708 g/mol. The Morgan fingerprint density at radius 2 is 0.776 bits per heavy atom. The molecule has 2 saturated carbocycles. The summed E-state index contributed by atoms with van der Waals surface area (Å²) in [5.41, 5.74) is 1.47. The molecule has 0 aromatic heterocycles. The minimum absolute atomic E-state index is 0.244. The van der Waals surface area contributed by atoms with Crippen molar-refractivity contribution in [1.82, 2.24) is 0 Å². The molecular formula is C37H32BF10P. The molecule has 4 atom stereocenters. The van der Waals surface area contributed by atoms with Gasteiger partial charge in [-0.25, -0.2) is 43.9 Å². The Labute approximate surface area is 279 Å². The smallest absolute Gasteiger partial charge is 0.204 e. The zero-order valence-corrected chi connectivity index (χ0v) is 28.4. The molecule has 4 aromatic carbocycles. The molecule has 0 N–H and O–H groups in total. The van der Waals surface area contributed by atoms with E-state index in [4.69, 9.17) is 0 Å². The lowest BCUT2D eigenvalue weighted by atomic mass is 9.30. The van der Waals surface area contributed by atoms with Crippen molar-refractivity contribution in [1.29, 1.82) is 0 Å². The summed E-state index contributed by atoms with van der Waals surface area (Å²) < 4.78 is 152. The molecule has 0 saturated heterocycles. The van der Waals surface area contributed by atoms with Gasteiger partial charge >= 0.3 is 0 Å². The average Bonchev–Trinajstić information content (AvgIpc) is 3.64. The van der Waals surface area contributed by atoms with E-state index in [9.17, 15) is 26.3 Å². The molecule has 0 nitrogen and oxygen atoms in total. The van der Waals surface area contributed by atoms with Gasteiger partial charge in [0.1, 0.15) is 0 Å². The summed E-state index contributed by atoms with van der Waals surface area (Å²) in [4.78, 5) is 0. The Morgan fingerprint density at radius 1 is 0.469 bits per heavy atom. The fourth-order valence-electron chi connectivity index (χ4n) is 8.99. The minimum atomic E-state index is -2.50. The monoisotopic (exact) mass is 708 g/mol. The first-order valence-corrected chi connectivity index (χ1v) is 17.4. The highest BCUT2D eigenvalue weighted by atomic mass is 31.1. The van der Waals surface area contributed by atoms with E-state index in [1.165, 1.54) is 0 Å². The maximum Gasteiger partial charge on any atom is 0.229 e. The van der Waals surface area contributed by atoms with Crippen molar-refractivity contribution in [3.63, 3.8) is 0 Å². The molecular weight excluding hydrogens is 676 g/mol. The summed E-state index contributed by atoms with van der Waals surface area (Å²) in [6.45, 7) is 9.02. The van der Waals surface area contributed by atoms with E-state index >= 15 is 17.6 Å². The largest absolute Gasteiger partial charge is 0.229 e. The summed E-state index contributed by atoms with van der Waals surface area (Å²) in [5.74, 6) is -26.1. The number of fused-ring (bicyclic) bond motifs is 2. The second-order valence-electron chi connectivity index (χ2n) is 13.7. The topological polar surface area (TPSA) is 0 Å². The maximum absolute atomic E-state index is 15.9. The minimum Gasteiger partial charge on any atom is -0.204 e. The molecule has 0 heterocycles. The number of hydrogen-bond donors (Lipinski definition) is 0. The number of benzene rings is 4. The lowest BCUT2D eigenvalue weighted by molar-refractivity contribution is 0.381. The van der Waals surface area contributed by atoms with Crippen LogP contribution in [0.2, 0.25) is 5.82 Å². The molecule has 12 heteroatoms. The van der Waals surface area contributed by atoms with Gasteiger partial charge in [-0.15, -0.1) is 0 Å². The van der Waals surface area contributed by atoms with E-state index in [-0.39, 0.29) is 5.92 Å². The Bertz CT molecular complexity index is 1800. The van der Waals surface area contributed by atoms with Gasteiger partial charge in [0.05, 0.1) is 0 Å². The highest BCUT2D eigenvalue weighted by Gasteiger charge is 2.58. The van der Waals surface area contributed by atoms with Gasteiger partial charge in [0.15, 0.2) is 58.2 Å². The van der Waals surface area contributed by atoms with Gasteiger partial charge in [-0.05, 0) is 118 Å². The van der Waals surface area contributed by atoms with Gasteiger partial charge in [-0.2, -0.15) is 0 Å². The fourth-order valence-corrected chi connectivity index (χ4v) is 13.0. The third kappa shape index (κ3) is 5.50. The van der Waals surface area contributed by atoms with E-state index in [1.54, 1.807) is 0 Å². The zero-order chi connectivity index (χ0) is 36.0. The summed E-state index contributed by atoms with van der Waals surface area (Å²) in [7, 11) is -1.62. The third-order valence-corrected chi connectivity index (χ3v) is 14.2. The van der Waals surface area contributed by atoms with Gasteiger partial charge in [0.2, 0.25) is 6.71 Å². The Hall–Kier alpha value is -3.33. The fraction of sp³-hybridized carbons (Fsp3) is 0.351. The van der Waals surface area contributed by atoms with Crippen molar-refractivity contribution < 1.29 is 43.9 Å². The quantitative estimate of drug-likeness (QED) is 0.0618. The van der Waals surface area contributed by atoms with Gasteiger partial charge in [-0.1, -0.05) is 41.8 Å².